The molecule has 0 rings (SSSR count). The highest BCUT2D eigenvalue weighted by Gasteiger charge is 2.12. The van der Waals surface area contributed by atoms with Crippen molar-refractivity contribution in [1.82, 2.24) is 5.32 Å². The highest BCUT2D eigenvalue weighted by molar-refractivity contribution is 6.18. The van der Waals surface area contributed by atoms with E-state index in [0.29, 0.717) is 0 Å². The molecule has 2 unspecified atom stereocenters. The summed E-state index contributed by atoms with van der Waals surface area (Å²) in [6.45, 7) is 0.0162. The van der Waals surface area contributed by atoms with Crippen molar-refractivity contribution in [2.75, 3.05) is 12.4 Å². The van der Waals surface area contributed by atoms with Crippen LogP contribution in [0.5, 0.6) is 0 Å². The summed E-state index contributed by atoms with van der Waals surface area (Å²) in [4.78, 5) is 0. The standard InChI is InChI=1S/C5H12ClNO4.ClH/c6-1-3(8)2-7-4(9)5(10)11;/h3-5,7-11H,1-2H2;1H. The van der Waals surface area contributed by atoms with Crippen molar-refractivity contribution in [2.45, 2.75) is 18.6 Å². The van der Waals surface area contributed by atoms with E-state index in [2.05, 4.69) is 5.32 Å². The summed E-state index contributed by atoms with van der Waals surface area (Å²) in [7, 11) is 0. The Morgan fingerprint density at radius 3 is 2.00 bits per heavy atom. The molecule has 0 saturated carbocycles. The maximum absolute atomic E-state index is 8.82. The molecule has 0 aromatic heterocycles. The Balaban J connectivity index is 0. The third-order valence-electron chi connectivity index (χ3n) is 1.02. The van der Waals surface area contributed by atoms with Crippen molar-refractivity contribution in [3.05, 3.63) is 0 Å². The van der Waals surface area contributed by atoms with Crippen LogP contribution < -0.4 is 5.32 Å². The number of alkyl halides is 1. The first kappa shape index (κ1) is 14.9. The zero-order valence-corrected chi connectivity index (χ0v) is 7.79. The van der Waals surface area contributed by atoms with Gasteiger partial charge in [0, 0.05) is 12.4 Å². The molecular formula is C5H13Cl2NO4. The van der Waals surface area contributed by atoms with Gasteiger partial charge in [-0.15, -0.1) is 24.0 Å². The van der Waals surface area contributed by atoms with Gasteiger partial charge in [-0.3, -0.25) is 5.32 Å². The lowest BCUT2D eigenvalue weighted by Crippen LogP contribution is -2.43. The molecule has 76 valence electrons. The van der Waals surface area contributed by atoms with E-state index in [-0.39, 0.29) is 24.8 Å². The van der Waals surface area contributed by atoms with Gasteiger partial charge in [0.1, 0.15) is 0 Å². The van der Waals surface area contributed by atoms with Crippen LogP contribution in [0.1, 0.15) is 0 Å². The highest BCUT2D eigenvalue weighted by Crippen LogP contribution is 1.88. The van der Waals surface area contributed by atoms with Crippen molar-refractivity contribution in [1.29, 1.82) is 0 Å². The summed E-state index contributed by atoms with van der Waals surface area (Å²) in [5, 5.41) is 36.4. The van der Waals surface area contributed by atoms with Crippen LogP contribution in [0.15, 0.2) is 0 Å². The second-order valence-corrected chi connectivity index (χ2v) is 2.38. The number of rotatable bonds is 5. The van der Waals surface area contributed by atoms with Crippen molar-refractivity contribution in [3.8, 4) is 0 Å². The molecule has 7 heteroatoms. The van der Waals surface area contributed by atoms with Gasteiger partial charge in [0.2, 0.25) is 0 Å². The van der Waals surface area contributed by atoms with E-state index in [1.54, 1.807) is 0 Å². The van der Waals surface area contributed by atoms with Crippen molar-refractivity contribution in [2.24, 2.45) is 0 Å². The van der Waals surface area contributed by atoms with Crippen LogP contribution in [0.4, 0.5) is 0 Å². The highest BCUT2D eigenvalue weighted by atomic mass is 35.5. The summed E-state index contributed by atoms with van der Waals surface area (Å²) < 4.78 is 0. The normalized spacial score (nSPS) is 15.5. The number of halogens is 2. The van der Waals surface area contributed by atoms with Gasteiger partial charge < -0.3 is 20.4 Å². The monoisotopic (exact) mass is 221 g/mol. The summed E-state index contributed by atoms with van der Waals surface area (Å²) in [5.41, 5.74) is 0. The lowest BCUT2D eigenvalue weighted by atomic mass is 10.4. The van der Waals surface area contributed by atoms with E-state index < -0.39 is 18.6 Å². The molecular weight excluding hydrogens is 209 g/mol. The summed E-state index contributed by atoms with van der Waals surface area (Å²) in [6, 6.07) is 0. The van der Waals surface area contributed by atoms with E-state index in [1.165, 1.54) is 0 Å². The van der Waals surface area contributed by atoms with Gasteiger partial charge in [0.25, 0.3) is 0 Å². The third-order valence-corrected chi connectivity index (χ3v) is 1.38. The second kappa shape index (κ2) is 8.00. The van der Waals surface area contributed by atoms with Gasteiger partial charge in [-0.1, -0.05) is 0 Å². The summed E-state index contributed by atoms with van der Waals surface area (Å²) >= 11 is 5.22. The molecule has 0 aromatic carbocycles. The fourth-order valence-electron chi connectivity index (χ4n) is 0.417. The van der Waals surface area contributed by atoms with Crippen LogP contribution in [0.25, 0.3) is 0 Å². The van der Waals surface area contributed by atoms with Crippen molar-refractivity contribution in [3.63, 3.8) is 0 Å². The van der Waals surface area contributed by atoms with Gasteiger partial charge in [-0.05, 0) is 0 Å². The molecule has 0 aliphatic rings. The molecule has 0 spiro atoms. The number of nitrogens with one attached hydrogen (secondary N) is 1. The zero-order chi connectivity index (χ0) is 8.85. The Kier molecular flexibility index (Phi) is 9.92. The Bertz CT molecular complexity index is 105. The van der Waals surface area contributed by atoms with E-state index in [4.69, 9.17) is 32.0 Å². The summed E-state index contributed by atoms with van der Waals surface area (Å²) in [5.74, 6) is 0.0290. The minimum absolute atomic E-state index is 0. The number of hydrogen-bond donors (Lipinski definition) is 5. The lowest BCUT2D eigenvalue weighted by Gasteiger charge is -2.15. The van der Waals surface area contributed by atoms with Crippen LogP contribution >= 0.6 is 24.0 Å². The maximum atomic E-state index is 8.82. The first-order valence-corrected chi connectivity index (χ1v) is 3.63. The van der Waals surface area contributed by atoms with Gasteiger partial charge in [-0.25, -0.2) is 0 Å². The molecule has 0 heterocycles. The van der Waals surface area contributed by atoms with E-state index in [0.717, 1.165) is 0 Å². The van der Waals surface area contributed by atoms with Crippen LogP contribution in [0.3, 0.4) is 0 Å². The number of aliphatic hydroxyl groups is 4. The smallest absolute Gasteiger partial charge is 0.192 e. The Hall–Kier alpha value is 0.380. The largest absolute Gasteiger partial charge is 0.391 e. The van der Waals surface area contributed by atoms with Gasteiger partial charge in [0.15, 0.2) is 12.5 Å². The molecule has 0 amide bonds. The molecule has 5 nitrogen and oxygen atoms in total. The minimum atomic E-state index is -1.85. The Labute approximate surface area is 81.4 Å². The van der Waals surface area contributed by atoms with Crippen LogP contribution in [0, 0.1) is 0 Å². The third kappa shape index (κ3) is 7.05. The second-order valence-electron chi connectivity index (χ2n) is 2.07. The maximum Gasteiger partial charge on any atom is 0.192 e. The van der Waals surface area contributed by atoms with E-state index >= 15 is 0 Å². The average molecular weight is 222 g/mol. The SMILES string of the molecule is Cl.OC(CCl)CNC(O)C(O)O. The molecule has 0 aromatic rings. The minimum Gasteiger partial charge on any atom is -0.391 e. The van der Waals surface area contributed by atoms with Crippen molar-refractivity contribution >= 4 is 24.0 Å². The number of hydrogen-bond acceptors (Lipinski definition) is 5. The molecule has 0 aliphatic carbocycles. The van der Waals surface area contributed by atoms with Gasteiger partial charge in [-0.2, -0.15) is 0 Å². The zero-order valence-electron chi connectivity index (χ0n) is 6.22. The molecule has 0 fully saturated rings. The molecule has 5 N–H and O–H groups in total. The molecule has 2 atom stereocenters. The fourth-order valence-corrected chi connectivity index (χ4v) is 0.526. The first-order valence-electron chi connectivity index (χ1n) is 3.09. The molecule has 0 saturated heterocycles. The summed E-state index contributed by atoms with van der Waals surface area (Å²) in [6.07, 6.45) is -4.10. The first-order chi connectivity index (χ1) is 5.07. The lowest BCUT2D eigenvalue weighted by molar-refractivity contribution is -0.134. The topological polar surface area (TPSA) is 93.0 Å². The molecule has 0 aliphatic heterocycles. The Morgan fingerprint density at radius 2 is 1.67 bits per heavy atom. The van der Waals surface area contributed by atoms with E-state index in [1.807, 2.05) is 0 Å². The van der Waals surface area contributed by atoms with Crippen LogP contribution in [-0.4, -0.2) is 51.5 Å². The predicted octanol–water partition coefficient (Wildman–Crippen LogP) is -1.77. The fraction of sp³-hybridized carbons (Fsp3) is 1.00. The van der Waals surface area contributed by atoms with Crippen LogP contribution in [-0.2, 0) is 0 Å². The average Bonchev–Trinajstić information content (AvgIpc) is 1.99. The molecule has 0 bridgehead atoms. The molecule has 0 radical (unpaired) electrons. The number of aliphatic hydroxyl groups excluding tert-OH is 3. The van der Waals surface area contributed by atoms with Crippen molar-refractivity contribution < 1.29 is 20.4 Å². The molecule has 12 heavy (non-hydrogen) atoms. The predicted molar refractivity (Wildman–Crippen MR) is 46.2 cm³/mol. The Morgan fingerprint density at radius 1 is 1.17 bits per heavy atom. The quantitative estimate of drug-likeness (QED) is 0.280. The van der Waals surface area contributed by atoms with Gasteiger partial charge in [0.05, 0.1) is 6.10 Å². The van der Waals surface area contributed by atoms with E-state index in [9.17, 15) is 0 Å². The van der Waals surface area contributed by atoms with Crippen LogP contribution in [0.2, 0.25) is 0 Å². The van der Waals surface area contributed by atoms with Gasteiger partial charge >= 0.3 is 0 Å².